The van der Waals surface area contributed by atoms with E-state index in [1.807, 2.05) is 0 Å². The summed E-state index contributed by atoms with van der Waals surface area (Å²) in [6.45, 7) is 0. The molecule has 0 aliphatic rings. The Morgan fingerprint density at radius 2 is 2.29 bits per heavy atom. The van der Waals surface area contributed by atoms with Gasteiger partial charge < -0.3 is 4.74 Å². The zero-order valence-electron chi connectivity index (χ0n) is 8.90. The Bertz CT molecular complexity index is 516. The van der Waals surface area contributed by atoms with Crippen LogP contribution < -0.4 is 0 Å². The van der Waals surface area contributed by atoms with Gasteiger partial charge >= 0.3 is 5.97 Å². The van der Waals surface area contributed by atoms with Crippen molar-refractivity contribution in [3.63, 3.8) is 0 Å². The van der Waals surface area contributed by atoms with Gasteiger partial charge in [-0.05, 0) is 12.1 Å². The molecule has 6 heteroatoms. The monoisotopic (exact) mass is 253 g/mol. The molecule has 0 aliphatic heterocycles. The molecular formula is C11H8ClNO4. The van der Waals surface area contributed by atoms with E-state index >= 15 is 0 Å². The molecule has 0 fully saturated rings. The van der Waals surface area contributed by atoms with Crippen LogP contribution >= 0.6 is 11.6 Å². The number of esters is 1. The zero-order chi connectivity index (χ0) is 12.8. The number of benzene rings is 1. The predicted molar refractivity (Wildman–Crippen MR) is 61.6 cm³/mol. The smallest absolute Gasteiger partial charge is 0.317 e. The van der Waals surface area contributed by atoms with Gasteiger partial charge in [0, 0.05) is 11.1 Å². The lowest BCUT2D eigenvalue weighted by atomic mass is 10.2. The first-order chi connectivity index (χ1) is 8.04. The molecule has 17 heavy (non-hydrogen) atoms. The fraction of sp³-hybridized carbons (Fsp3) is 0.182. The Morgan fingerprint density at radius 1 is 1.59 bits per heavy atom. The van der Waals surface area contributed by atoms with Crippen molar-refractivity contribution < 1.29 is 14.5 Å². The van der Waals surface area contributed by atoms with Crippen molar-refractivity contribution in [3.8, 4) is 11.8 Å². The summed E-state index contributed by atoms with van der Waals surface area (Å²) in [6.07, 6.45) is -0.125. The molecule has 0 unspecified atom stereocenters. The van der Waals surface area contributed by atoms with Crippen LogP contribution in [0.1, 0.15) is 12.0 Å². The second-order valence-corrected chi connectivity index (χ2v) is 3.41. The van der Waals surface area contributed by atoms with Crippen LogP contribution in [0.15, 0.2) is 18.2 Å². The SMILES string of the molecule is COC(=O)CC#Cc1cc(Cl)ccc1[N+](=O)[O-]. The zero-order valence-corrected chi connectivity index (χ0v) is 9.65. The van der Waals surface area contributed by atoms with Gasteiger partial charge in [-0.2, -0.15) is 0 Å². The molecule has 1 aromatic rings. The van der Waals surface area contributed by atoms with Crippen molar-refractivity contribution in [2.45, 2.75) is 6.42 Å². The van der Waals surface area contributed by atoms with E-state index in [0.717, 1.165) is 0 Å². The largest absolute Gasteiger partial charge is 0.468 e. The third-order valence-corrected chi connectivity index (χ3v) is 2.07. The van der Waals surface area contributed by atoms with Gasteiger partial charge in [0.25, 0.3) is 5.69 Å². The highest BCUT2D eigenvalue weighted by molar-refractivity contribution is 6.30. The summed E-state index contributed by atoms with van der Waals surface area (Å²) in [5.41, 5.74) is 0.0261. The van der Waals surface area contributed by atoms with E-state index < -0.39 is 10.9 Å². The fourth-order valence-electron chi connectivity index (χ4n) is 1.05. The highest BCUT2D eigenvalue weighted by Crippen LogP contribution is 2.21. The Kier molecular flexibility index (Phi) is 4.49. The fourth-order valence-corrected chi connectivity index (χ4v) is 1.22. The number of hydrogen-bond acceptors (Lipinski definition) is 4. The Hall–Kier alpha value is -2.06. The minimum absolute atomic E-state index is 0.125. The summed E-state index contributed by atoms with van der Waals surface area (Å²) < 4.78 is 4.39. The molecule has 0 aliphatic carbocycles. The average molecular weight is 254 g/mol. The third kappa shape index (κ3) is 3.78. The molecule has 0 spiro atoms. The van der Waals surface area contributed by atoms with Crippen LogP contribution in [0.4, 0.5) is 5.69 Å². The second kappa shape index (κ2) is 5.87. The summed E-state index contributed by atoms with van der Waals surface area (Å²) in [5, 5.41) is 11.0. The molecule has 0 saturated carbocycles. The molecule has 1 rings (SSSR count). The summed E-state index contributed by atoms with van der Waals surface area (Å²) in [6, 6.07) is 4.06. The maximum absolute atomic E-state index is 10.8. The maximum atomic E-state index is 10.8. The van der Waals surface area contributed by atoms with Gasteiger partial charge in [-0.15, -0.1) is 0 Å². The van der Waals surface area contributed by atoms with Gasteiger partial charge in [0.1, 0.15) is 12.0 Å². The molecule has 0 heterocycles. The van der Waals surface area contributed by atoms with E-state index in [4.69, 9.17) is 11.6 Å². The standard InChI is InChI=1S/C11H8ClNO4/c1-17-11(14)4-2-3-8-7-9(12)5-6-10(8)13(15)16/h5-7H,4H2,1H3. The van der Waals surface area contributed by atoms with Crippen molar-refractivity contribution in [1.82, 2.24) is 0 Å². The second-order valence-electron chi connectivity index (χ2n) is 2.97. The van der Waals surface area contributed by atoms with Gasteiger partial charge in [0.05, 0.1) is 12.0 Å². The molecule has 0 aromatic heterocycles. The maximum Gasteiger partial charge on any atom is 0.317 e. The summed E-state index contributed by atoms with van der Waals surface area (Å²) in [5.74, 6) is 4.51. The van der Waals surface area contributed by atoms with E-state index in [1.165, 1.54) is 25.3 Å². The number of nitro groups is 1. The normalized spacial score (nSPS) is 9.06. The lowest BCUT2D eigenvalue weighted by Crippen LogP contribution is -1.97. The van der Waals surface area contributed by atoms with Crippen LogP contribution in [0.25, 0.3) is 0 Å². The van der Waals surface area contributed by atoms with Crippen LogP contribution in [0, 0.1) is 22.0 Å². The molecule has 0 amide bonds. The van der Waals surface area contributed by atoms with Crippen molar-refractivity contribution >= 4 is 23.3 Å². The van der Waals surface area contributed by atoms with Gasteiger partial charge in [-0.1, -0.05) is 23.4 Å². The molecular weight excluding hydrogens is 246 g/mol. The van der Waals surface area contributed by atoms with Crippen LogP contribution in [-0.2, 0) is 9.53 Å². The number of ether oxygens (including phenoxy) is 1. The molecule has 1 aromatic carbocycles. The first kappa shape index (κ1) is 13.0. The third-order valence-electron chi connectivity index (χ3n) is 1.84. The predicted octanol–water partition coefficient (Wildman–Crippen LogP) is 2.16. The highest BCUT2D eigenvalue weighted by Gasteiger charge is 2.11. The minimum atomic E-state index is -0.557. The van der Waals surface area contributed by atoms with Gasteiger partial charge in [0.2, 0.25) is 0 Å². The molecule has 88 valence electrons. The average Bonchev–Trinajstić information content (AvgIpc) is 2.28. The molecule has 0 saturated heterocycles. The molecule has 0 radical (unpaired) electrons. The van der Waals surface area contributed by atoms with Crippen molar-refractivity contribution in [2.75, 3.05) is 7.11 Å². The summed E-state index contributed by atoms with van der Waals surface area (Å²) in [4.78, 5) is 20.9. The van der Waals surface area contributed by atoms with Crippen LogP contribution in [0.5, 0.6) is 0 Å². The van der Waals surface area contributed by atoms with Gasteiger partial charge in [-0.3, -0.25) is 14.9 Å². The number of methoxy groups -OCH3 is 1. The number of hydrogen-bond donors (Lipinski definition) is 0. The summed E-state index contributed by atoms with van der Waals surface area (Å²) >= 11 is 5.71. The van der Waals surface area contributed by atoms with E-state index in [0.29, 0.717) is 5.02 Å². The van der Waals surface area contributed by atoms with Crippen LogP contribution in [-0.4, -0.2) is 18.0 Å². The van der Waals surface area contributed by atoms with Crippen molar-refractivity contribution in [2.24, 2.45) is 0 Å². The number of carbonyl (C=O) groups excluding carboxylic acids is 1. The number of nitro benzene ring substituents is 1. The van der Waals surface area contributed by atoms with Crippen LogP contribution in [0.3, 0.4) is 0 Å². The van der Waals surface area contributed by atoms with E-state index in [1.54, 1.807) is 0 Å². The number of carbonyl (C=O) groups is 1. The van der Waals surface area contributed by atoms with E-state index in [2.05, 4.69) is 16.6 Å². The number of nitrogens with zero attached hydrogens (tertiary/aromatic N) is 1. The highest BCUT2D eigenvalue weighted by atomic mass is 35.5. The Balaban J connectivity index is 3.00. The lowest BCUT2D eigenvalue weighted by Gasteiger charge is -1.96. The molecule has 0 bridgehead atoms. The number of halogens is 1. The van der Waals surface area contributed by atoms with E-state index in [-0.39, 0.29) is 17.7 Å². The van der Waals surface area contributed by atoms with E-state index in [9.17, 15) is 14.9 Å². The van der Waals surface area contributed by atoms with Crippen molar-refractivity contribution in [3.05, 3.63) is 38.9 Å². The summed E-state index contributed by atoms with van der Waals surface area (Å²) in [7, 11) is 1.24. The Morgan fingerprint density at radius 3 is 2.88 bits per heavy atom. The quantitative estimate of drug-likeness (QED) is 0.350. The molecule has 0 N–H and O–H groups in total. The lowest BCUT2D eigenvalue weighted by molar-refractivity contribution is -0.385. The topological polar surface area (TPSA) is 69.4 Å². The first-order valence-corrected chi connectivity index (χ1v) is 4.92. The Labute approximate surface area is 102 Å². The molecule has 0 atom stereocenters. The minimum Gasteiger partial charge on any atom is -0.468 e. The first-order valence-electron chi connectivity index (χ1n) is 4.54. The molecule has 5 nitrogen and oxygen atoms in total. The number of rotatable bonds is 2. The van der Waals surface area contributed by atoms with Gasteiger partial charge in [0.15, 0.2) is 0 Å². The van der Waals surface area contributed by atoms with Crippen molar-refractivity contribution in [1.29, 1.82) is 0 Å². The van der Waals surface area contributed by atoms with Crippen LogP contribution in [0.2, 0.25) is 5.02 Å². The van der Waals surface area contributed by atoms with Gasteiger partial charge in [-0.25, -0.2) is 0 Å².